The minimum absolute atomic E-state index is 0.0974. The van der Waals surface area contributed by atoms with Crippen LogP contribution in [-0.4, -0.2) is 4.98 Å². The van der Waals surface area contributed by atoms with Gasteiger partial charge in [-0.3, -0.25) is 0 Å². The van der Waals surface area contributed by atoms with Crippen molar-refractivity contribution in [3.05, 3.63) is 52.0 Å². The topological polar surface area (TPSA) is 12.9 Å². The lowest BCUT2D eigenvalue weighted by molar-refractivity contribution is 0.343. The minimum Gasteiger partial charge on any atom is -0.249 e. The second kappa shape index (κ2) is 5.92. The van der Waals surface area contributed by atoms with Gasteiger partial charge in [0.15, 0.2) is 0 Å². The lowest BCUT2D eigenvalue weighted by atomic mass is 9.70. The highest BCUT2D eigenvalue weighted by molar-refractivity contribution is 7.07. The second-order valence-corrected chi connectivity index (χ2v) is 8.31. The van der Waals surface area contributed by atoms with E-state index in [-0.39, 0.29) is 10.8 Å². The fourth-order valence-corrected chi connectivity index (χ4v) is 3.91. The molecule has 21 heavy (non-hydrogen) atoms. The average molecular weight is 301 g/mol. The van der Waals surface area contributed by atoms with E-state index in [2.05, 4.69) is 76.2 Å². The van der Waals surface area contributed by atoms with Gasteiger partial charge in [0, 0.05) is 10.8 Å². The molecule has 0 spiro atoms. The first kappa shape index (κ1) is 16.2. The molecule has 0 unspecified atom stereocenters. The van der Waals surface area contributed by atoms with Gasteiger partial charge < -0.3 is 0 Å². The van der Waals surface area contributed by atoms with Gasteiger partial charge in [-0.2, -0.15) is 0 Å². The Morgan fingerprint density at radius 3 is 2.10 bits per heavy atom. The van der Waals surface area contributed by atoms with E-state index in [1.807, 2.05) is 5.51 Å². The van der Waals surface area contributed by atoms with Crippen molar-refractivity contribution in [1.29, 1.82) is 0 Å². The first-order chi connectivity index (χ1) is 9.72. The summed E-state index contributed by atoms with van der Waals surface area (Å²) in [7, 11) is 0. The van der Waals surface area contributed by atoms with Crippen LogP contribution < -0.4 is 0 Å². The maximum Gasteiger partial charge on any atom is 0.0794 e. The number of benzene rings is 1. The lowest BCUT2D eigenvalue weighted by Crippen LogP contribution is -2.30. The summed E-state index contributed by atoms with van der Waals surface area (Å²) < 4.78 is 0. The van der Waals surface area contributed by atoms with Gasteiger partial charge in [0.1, 0.15) is 0 Å². The Morgan fingerprint density at radius 1 is 1.00 bits per heavy atom. The molecule has 0 radical (unpaired) electrons. The van der Waals surface area contributed by atoms with Crippen LogP contribution in [0.5, 0.6) is 0 Å². The van der Waals surface area contributed by atoms with Gasteiger partial charge in [-0.25, -0.2) is 4.98 Å². The molecular formula is C19H27NS. The van der Waals surface area contributed by atoms with Crippen LogP contribution in [0, 0.1) is 0 Å². The van der Waals surface area contributed by atoms with Crippen LogP contribution in [0.4, 0.5) is 0 Å². The van der Waals surface area contributed by atoms with E-state index in [1.54, 1.807) is 11.3 Å². The van der Waals surface area contributed by atoms with Gasteiger partial charge >= 0.3 is 0 Å². The molecule has 0 aliphatic carbocycles. The smallest absolute Gasteiger partial charge is 0.0794 e. The van der Waals surface area contributed by atoms with Crippen molar-refractivity contribution < 1.29 is 0 Å². The van der Waals surface area contributed by atoms with E-state index >= 15 is 0 Å². The number of aromatic nitrogens is 1. The molecule has 0 bridgehead atoms. The van der Waals surface area contributed by atoms with E-state index in [0.717, 1.165) is 6.42 Å². The molecule has 2 aromatic rings. The fourth-order valence-electron chi connectivity index (χ4n) is 3.16. The molecule has 1 aromatic carbocycles. The Hall–Kier alpha value is -1.15. The van der Waals surface area contributed by atoms with Crippen LogP contribution in [0.3, 0.4) is 0 Å². The van der Waals surface area contributed by atoms with Gasteiger partial charge in [0.25, 0.3) is 0 Å². The Bertz CT molecular complexity index is 562. The first-order valence-corrected chi connectivity index (χ1v) is 8.66. The van der Waals surface area contributed by atoms with Gasteiger partial charge in [-0.1, -0.05) is 65.8 Å². The van der Waals surface area contributed by atoms with Gasteiger partial charge in [0.2, 0.25) is 0 Å². The quantitative estimate of drug-likeness (QED) is 0.668. The largest absolute Gasteiger partial charge is 0.249 e. The van der Waals surface area contributed by atoms with Crippen LogP contribution in [0.25, 0.3) is 0 Å². The third kappa shape index (κ3) is 3.74. The van der Waals surface area contributed by atoms with Crippen LogP contribution in [0.2, 0.25) is 0 Å². The predicted molar refractivity (Wildman–Crippen MR) is 93.3 cm³/mol. The molecule has 0 saturated carbocycles. The maximum absolute atomic E-state index is 4.52. The first-order valence-electron chi connectivity index (χ1n) is 7.71. The van der Waals surface area contributed by atoms with Gasteiger partial charge in [-0.05, 0) is 28.9 Å². The molecule has 2 heteroatoms. The summed E-state index contributed by atoms with van der Waals surface area (Å²) in [6.45, 7) is 13.8. The third-order valence-electron chi connectivity index (χ3n) is 4.37. The number of rotatable bonds is 5. The summed E-state index contributed by atoms with van der Waals surface area (Å²) in [5.74, 6) is 0.591. The number of hydrogen-bond donors (Lipinski definition) is 0. The summed E-state index contributed by atoms with van der Waals surface area (Å²) in [6, 6.07) is 9.15. The number of hydrogen-bond acceptors (Lipinski definition) is 2. The maximum atomic E-state index is 4.52. The minimum atomic E-state index is 0.0974. The Labute approximate surface area is 133 Å². The molecule has 1 heterocycles. The molecular weight excluding hydrogens is 274 g/mol. The average Bonchev–Trinajstić information content (AvgIpc) is 2.92. The molecule has 0 aliphatic heterocycles. The van der Waals surface area contributed by atoms with Crippen LogP contribution in [0.15, 0.2) is 35.2 Å². The van der Waals surface area contributed by atoms with Crippen molar-refractivity contribution in [2.45, 2.75) is 64.7 Å². The molecule has 0 aliphatic rings. The second-order valence-electron chi connectivity index (χ2n) is 7.59. The molecule has 0 N–H and O–H groups in total. The lowest BCUT2D eigenvalue weighted by Gasteiger charge is -2.34. The summed E-state index contributed by atoms with van der Waals surface area (Å²) in [4.78, 5) is 4.52. The van der Waals surface area contributed by atoms with E-state index in [4.69, 9.17) is 0 Å². The molecule has 1 aromatic heterocycles. The standard InChI is InChI=1S/C19H27NS/c1-14(2)15-7-9-16(10-8-15)18(3,4)12-19(5,6)17-11-21-13-20-17/h7-11,13-14H,12H2,1-6H3. The van der Waals surface area contributed by atoms with Crippen molar-refractivity contribution in [2.75, 3.05) is 0 Å². The zero-order valence-corrected chi connectivity index (χ0v) is 14.9. The van der Waals surface area contributed by atoms with Crippen molar-refractivity contribution >= 4 is 11.3 Å². The van der Waals surface area contributed by atoms with Gasteiger partial charge in [0.05, 0.1) is 11.2 Å². The van der Waals surface area contributed by atoms with Crippen LogP contribution in [0.1, 0.15) is 70.7 Å². The van der Waals surface area contributed by atoms with Crippen molar-refractivity contribution in [3.8, 4) is 0 Å². The Balaban J connectivity index is 2.21. The Morgan fingerprint density at radius 2 is 1.62 bits per heavy atom. The fraction of sp³-hybridized carbons (Fsp3) is 0.526. The third-order valence-corrected chi connectivity index (χ3v) is 4.95. The van der Waals surface area contributed by atoms with E-state index < -0.39 is 0 Å². The monoisotopic (exact) mass is 301 g/mol. The highest BCUT2D eigenvalue weighted by atomic mass is 32.1. The number of thiazole rings is 1. The van der Waals surface area contributed by atoms with Crippen molar-refractivity contribution in [3.63, 3.8) is 0 Å². The predicted octanol–water partition coefficient (Wildman–Crippen LogP) is 5.91. The normalized spacial score (nSPS) is 12.9. The van der Waals surface area contributed by atoms with Crippen molar-refractivity contribution in [1.82, 2.24) is 4.98 Å². The summed E-state index contributed by atoms with van der Waals surface area (Å²) in [5.41, 5.74) is 6.20. The summed E-state index contributed by atoms with van der Waals surface area (Å²) in [5, 5.41) is 2.18. The molecule has 1 nitrogen and oxygen atoms in total. The zero-order valence-electron chi connectivity index (χ0n) is 14.1. The zero-order chi connectivity index (χ0) is 15.7. The highest BCUT2D eigenvalue weighted by Crippen LogP contribution is 2.38. The molecule has 0 atom stereocenters. The molecule has 0 amide bonds. The summed E-state index contributed by atoms with van der Waals surface area (Å²) >= 11 is 1.68. The molecule has 114 valence electrons. The molecule has 0 fully saturated rings. The highest BCUT2D eigenvalue weighted by Gasteiger charge is 2.32. The summed E-state index contributed by atoms with van der Waals surface area (Å²) in [6.07, 6.45) is 1.09. The van der Waals surface area contributed by atoms with Crippen LogP contribution >= 0.6 is 11.3 Å². The van der Waals surface area contributed by atoms with Crippen molar-refractivity contribution in [2.24, 2.45) is 0 Å². The van der Waals surface area contributed by atoms with Crippen LogP contribution in [-0.2, 0) is 10.8 Å². The van der Waals surface area contributed by atoms with E-state index in [0.29, 0.717) is 5.92 Å². The number of nitrogens with zero attached hydrogens (tertiary/aromatic N) is 1. The molecule has 0 saturated heterocycles. The molecule has 2 rings (SSSR count). The van der Waals surface area contributed by atoms with E-state index in [1.165, 1.54) is 16.8 Å². The van der Waals surface area contributed by atoms with E-state index in [9.17, 15) is 0 Å². The van der Waals surface area contributed by atoms with Gasteiger partial charge in [-0.15, -0.1) is 11.3 Å². The Kier molecular flexibility index (Phi) is 4.57. The SMILES string of the molecule is CC(C)c1ccc(C(C)(C)CC(C)(C)c2cscn2)cc1.